The number of rotatable bonds is 3. The fourth-order valence-corrected chi connectivity index (χ4v) is 2.09. The predicted octanol–water partition coefficient (Wildman–Crippen LogP) is 2.11. The van der Waals surface area contributed by atoms with Gasteiger partial charge in [-0.2, -0.15) is 0 Å². The lowest BCUT2D eigenvalue weighted by Gasteiger charge is -2.16. The maximum Gasteiger partial charge on any atom is 0.0938 e. The Morgan fingerprint density at radius 2 is 2.06 bits per heavy atom. The molecular formula is C14H19N3. The van der Waals surface area contributed by atoms with Crippen LogP contribution in [-0.4, -0.2) is 25.6 Å². The SMILES string of the molecule is Cc1nc2c(N(C)C)cccc2cc1CCN. The zero-order valence-corrected chi connectivity index (χ0v) is 10.7. The molecule has 1 aromatic carbocycles. The van der Waals surface area contributed by atoms with Crippen molar-refractivity contribution in [2.75, 3.05) is 25.5 Å². The van der Waals surface area contributed by atoms with Crippen molar-refractivity contribution < 1.29 is 0 Å². The fourth-order valence-electron chi connectivity index (χ4n) is 2.09. The molecule has 1 heterocycles. The van der Waals surface area contributed by atoms with Gasteiger partial charge >= 0.3 is 0 Å². The van der Waals surface area contributed by atoms with E-state index in [0.717, 1.165) is 23.3 Å². The zero-order valence-electron chi connectivity index (χ0n) is 10.7. The van der Waals surface area contributed by atoms with E-state index in [-0.39, 0.29) is 0 Å². The molecule has 17 heavy (non-hydrogen) atoms. The van der Waals surface area contributed by atoms with Gasteiger partial charge in [0, 0.05) is 25.2 Å². The maximum absolute atomic E-state index is 5.62. The number of fused-ring (bicyclic) bond motifs is 1. The summed E-state index contributed by atoms with van der Waals surface area (Å²) in [4.78, 5) is 6.81. The molecular weight excluding hydrogens is 210 g/mol. The first-order chi connectivity index (χ1) is 8.13. The molecule has 0 saturated heterocycles. The summed E-state index contributed by atoms with van der Waals surface area (Å²) < 4.78 is 0. The minimum atomic E-state index is 0.668. The minimum Gasteiger partial charge on any atom is -0.376 e. The standard InChI is InChI=1S/C14H19N3/c1-10-11(7-8-15)9-12-5-4-6-13(17(2)3)14(12)16-10/h4-6,9H,7-8,15H2,1-3H3. The molecule has 3 heteroatoms. The summed E-state index contributed by atoms with van der Waals surface area (Å²) in [5.74, 6) is 0. The molecule has 0 aliphatic heterocycles. The summed E-state index contributed by atoms with van der Waals surface area (Å²) in [7, 11) is 4.08. The lowest BCUT2D eigenvalue weighted by atomic mass is 10.1. The van der Waals surface area contributed by atoms with E-state index in [9.17, 15) is 0 Å². The molecule has 0 fully saturated rings. The number of aromatic nitrogens is 1. The first kappa shape index (κ1) is 11.9. The summed E-state index contributed by atoms with van der Waals surface area (Å²) in [5, 5.41) is 1.19. The van der Waals surface area contributed by atoms with Crippen molar-refractivity contribution in [3.05, 3.63) is 35.5 Å². The van der Waals surface area contributed by atoms with Crippen molar-refractivity contribution in [1.82, 2.24) is 4.98 Å². The molecule has 0 atom stereocenters. The van der Waals surface area contributed by atoms with Gasteiger partial charge in [0.15, 0.2) is 0 Å². The largest absolute Gasteiger partial charge is 0.376 e. The number of pyridine rings is 1. The van der Waals surface area contributed by atoms with Gasteiger partial charge in [0.25, 0.3) is 0 Å². The summed E-state index contributed by atoms with van der Waals surface area (Å²) in [5.41, 5.74) is 10.2. The lowest BCUT2D eigenvalue weighted by Crippen LogP contribution is -2.10. The number of para-hydroxylation sites is 1. The van der Waals surface area contributed by atoms with Crippen molar-refractivity contribution in [3.63, 3.8) is 0 Å². The van der Waals surface area contributed by atoms with E-state index in [4.69, 9.17) is 10.7 Å². The Bertz CT molecular complexity index is 532. The molecule has 0 aliphatic rings. The average molecular weight is 229 g/mol. The molecule has 1 aromatic heterocycles. The third-order valence-corrected chi connectivity index (χ3v) is 3.02. The normalized spacial score (nSPS) is 10.8. The summed E-state index contributed by atoms with van der Waals surface area (Å²) >= 11 is 0. The molecule has 0 radical (unpaired) electrons. The molecule has 0 bridgehead atoms. The topological polar surface area (TPSA) is 42.2 Å². The van der Waals surface area contributed by atoms with Crippen molar-refractivity contribution >= 4 is 16.6 Å². The molecule has 0 saturated carbocycles. The second-order valence-electron chi connectivity index (χ2n) is 4.51. The molecule has 2 rings (SSSR count). The first-order valence-electron chi connectivity index (χ1n) is 5.90. The van der Waals surface area contributed by atoms with Gasteiger partial charge < -0.3 is 10.6 Å². The first-order valence-corrected chi connectivity index (χ1v) is 5.90. The Kier molecular flexibility index (Phi) is 3.29. The second kappa shape index (κ2) is 4.72. The highest BCUT2D eigenvalue weighted by Gasteiger charge is 2.07. The van der Waals surface area contributed by atoms with Crippen LogP contribution >= 0.6 is 0 Å². The van der Waals surface area contributed by atoms with Gasteiger partial charge in [0.05, 0.1) is 11.2 Å². The number of benzene rings is 1. The van der Waals surface area contributed by atoms with Crippen LogP contribution in [0.5, 0.6) is 0 Å². The van der Waals surface area contributed by atoms with Gasteiger partial charge in [0.2, 0.25) is 0 Å². The third kappa shape index (κ3) is 2.24. The smallest absolute Gasteiger partial charge is 0.0938 e. The van der Waals surface area contributed by atoms with Gasteiger partial charge in [-0.1, -0.05) is 12.1 Å². The van der Waals surface area contributed by atoms with Crippen LogP contribution in [0, 0.1) is 6.92 Å². The number of hydrogen-bond donors (Lipinski definition) is 1. The Morgan fingerprint density at radius 3 is 2.71 bits per heavy atom. The van der Waals surface area contributed by atoms with Gasteiger partial charge in [-0.25, -0.2) is 0 Å². The number of aryl methyl sites for hydroxylation is 1. The summed E-state index contributed by atoms with van der Waals surface area (Å²) in [6.45, 7) is 2.72. The minimum absolute atomic E-state index is 0.668. The number of nitrogens with zero attached hydrogens (tertiary/aromatic N) is 2. The van der Waals surface area contributed by atoms with Crippen LogP contribution in [0.2, 0.25) is 0 Å². The van der Waals surface area contributed by atoms with Crippen LogP contribution < -0.4 is 10.6 Å². The number of anilines is 1. The van der Waals surface area contributed by atoms with E-state index in [1.165, 1.54) is 10.9 Å². The second-order valence-corrected chi connectivity index (χ2v) is 4.51. The lowest BCUT2D eigenvalue weighted by molar-refractivity contribution is 0.946. The Labute approximate surface area is 102 Å². The van der Waals surface area contributed by atoms with Crippen molar-refractivity contribution in [2.45, 2.75) is 13.3 Å². The molecule has 3 nitrogen and oxygen atoms in total. The van der Waals surface area contributed by atoms with E-state index < -0.39 is 0 Å². The van der Waals surface area contributed by atoms with E-state index >= 15 is 0 Å². The quantitative estimate of drug-likeness (QED) is 0.876. The van der Waals surface area contributed by atoms with Crippen molar-refractivity contribution in [1.29, 1.82) is 0 Å². The Hall–Kier alpha value is -1.61. The third-order valence-electron chi connectivity index (χ3n) is 3.02. The van der Waals surface area contributed by atoms with Crippen LogP contribution in [0.1, 0.15) is 11.3 Å². The fraction of sp³-hybridized carbons (Fsp3) is 0.357. The molecule has 2 aromatic rings. The van der Waals surface area contributed by atoms with E-state index in [1.807, 2.05) is 14.1 Å². The molecule has 90 valence electrons. The summed E-state index contributed by atoms with van der Waals surface area (Å²) in [6, 6.07) is 8.48. The molecule has 2 N–H and O–H groups in total. The Balaban J connectivity index is 2.64. The molecule has 0 unspecified atom stereocenters. The molecule has 0 amide bonds. The van der Waals surface area contributed by atoms with E-state index in [1.54, 1.807) is 0 Å². The zero-order chi connectivity index (χ0) is 12.4. The summed E-state index contributed by atoms with van der Waals surface area (Å²) in [6.07, 6.45) is 0.890. The van der Waals surface area contributed by atoms with Gasteiger partial charge in [-0.3, -0.25) is 4.98 Å². The average Bonchev–Trinajstić information content (AvgIpc) is 2.29. The maximum atomic E-state index is 5.62. The Morgan fingerprint density at radius 1 is 1.29 bits per heavy atom. The van der Waals surface area contributed by atoms with Crippen LogP contribution in [0.4, 0.5) is 5.69 Å². The van der Waals surface area contributed by atoms with Crippen LogP contribution in [0.25, 0.3) is 10.9 Å². The van der Waals surface area contributed by atoms with E-state index in [0.29, 0.717) is 6.54 Å². The van der Waals surface area contributed by atoms with Crippen molar-refractivity contribution in [2.24, 2.45) is 5.73 Å². The van der Waals surface area contributed by atoms with Crippen LogP contribution in [0.15, 0.2) is 24.3 Å². The molecule has 0 spiro atoms. The predicted molar refractivity (Wildman–Crippen MR) is 73.6 cm³/mol. The van der Waals surface area contributed by atoms with Gasteiger partial charge in [-0.05, 0) is 37.6 Å². The highest BCUT2D eigenvalue weighted by molar-refractivity contribution is 5.91. The highest BCUT2D eigenvalue weighted by Crippen LogP contribution is 2.25. The van der Waals surface area contributed by atoms with Crippen molar-refractivity contribution in [3.8, 4) is 0 Å². The number of hydrogen-bond acceptors (Lipinski definition) is 3. The highest BCUT2D eigenvalue weighted by atomic mass is 15.1. The number of nitrogens with two attached hydrogens (primary N) is 1. The monoisotopic (exact) mass is 229 g/mol. The molecule has 0 aliphatic carbocycles. The van der Waals surface area contributed by atoms with Gasteiger partial charge in [0.1, 0.15) is 0 Å². The van der Waals surface area contributed by atoms with E-state index in [2.05, 4.69) is 36.1 Å². The van der Waals surface area contributed by atoms with Crippen LogP contribution in [0.3, 0.4) is 0 Å². The van der Waals surface area contributed by atoms with Crippen LogP contribution in [-0.2, 0) is 6.42 Å². The van der Waals surface area contributed by atoms with Gasteiger partial charge in [-0.15, -0.1) is 0 Å².